The van der Waals surface area contributed by atoms with E-state index in [-0.39, 0.29) is 17.4 Å². The van der Waals surface area contributed by atoms with Gasteiger partial charge >= 0.3 is 18.1 Å². The smallest absolute Gasteiger partial charge is 0.482 e. The van der Waals surface area contributed by atoms with Gasteiger partial charge in [-0.25, -0.2) is 14.6 Å². The fraction of sp³-hybridized carbons (Fsp3) is 0.179. The molecule has 0 fully saturated rings. The lowest BCUT2D eigenvalue weighted by molar-refractivity contribution is -0.202. The van der Waals surface area contributed by atoms with Crippen LogP contribution < -0.4 is 10.3 Å². The number of halogens is 4. The fourth-order valence-electron chi connectivity index (χ4n) is 4.96. The first-order valence-electron chi connectivity index (χ1n) is 13.0. The Kier molecular flexibility index (Phi) is 7.47. The van der Waals surface area contributed by atoms with E-state index in [1.807, 2.05) is 6.07 Å². The number of carbonyl (C=O) groups is 2. The van der Waals surface area contributed by atoms with Crippen LogP contribution in [0.15, 0.2) is 71.9 Å². The number of aromatic nitrogens is 7. The number of imidazole rings is 1. The van der Waals surface area contributed by atoms with Gasteiger partial charge in [0.1, 0.15) is 17.9 Å². The molecule has 0 saturated carbocycles. The number of tetrazole rings is 1. The first-order chi connectivity index (χ1) is 21.1. The second-order valence-corrected chi connectivity index (χ2v) is 10.1. The highest BCUT2D eigenvalue weighted by atomic mass is 35.5. The lowest BCUT2D eigenvalue weighted by atomic mass is 10.0. The molecule has 0 amide bonds. The van der Waals surface area contributed by atoms with Crippen molar-refractivity contribution in [1.82, 2.24) is 34.7 Å². The second kappa shape index (κ2) is 11.4. The highest BCUT2D eigenvalue weighted by Gasteiger charge is 2.42. The minimum Gasteiger partial charge on any atom is -0.482 e. The molecule has 3 aromatic heterocycles. The highest BCUT2D eigenvalue weighted by Crippen LogP contribution is 2.34. The summed E-state index contributed by atoms with van der Waals surface area (Å²) in [6, 6.07) is 14.7. The van der Waals surface area contributed by atoms with E-state index in [0.29, 0.717) is 51.8 Å². The number of pyridine rings is 1. The summed E-state index contributed by atoms with van der Waals surface area (Å²) >= 11 is 6.28. The third-order valence-corrected chi connectivity index (χ3v) is 7.08. The maximum atomic E-state index is 13.4. The zero-order valence-corrected chi connectivity index (χ0v) is 23.0. The number of aromatic amines is 1. The molecule has 0 bridgehead atoms. The number of fused-ring (bicyclic) bond motifs is 1. The molecular weight excluding hydrogens is 607 g/mol. The monoisotopic (exact) mass is 625 g/mol. The van der Waals surface area contributed by atoms with Crippen molar-refractivity contribution >= 4 is 23.5 Å². The second-order valence-electron chi connectivity index (χ2n) is 9.67. The maximum absolute atomic E-state index is 13.4. The van der Waals surface area contributed by atoms with E-state index < -0.39 is 24.7 Å². The van der Waals surface area contributed by atoms with E-state index in [2.05, 4.69) is 30.2 Å². The number of benzene rings is 2. The molecule has 2 aromatic carbocycles. The van der Waals surface area contributed by atoms with Crippen LogP contribution in [0.2, 0.25) is 5.02 Å². The number of esters is 2. The van der Waals surface area contributed by atoms with Gasteiger partial charge in [-0.05, 0) is 65.2 Å². The molecule has 1 N–H and O–H groups in total. The van der Waals surface area contributed by atoms with Crippen molar-refractivity contribution in [3.63, 3.8) is 0 Å². The lowest BCUT2D eigenvalue weighted by Gasteiger charge is -2.15. The zero-order valence-electron chi connectivity index (χ0n) is 22.3. The van der Waals surface area contributed by atoms with Crippen molar-refractivity contribution in [2.75, 3.05) is 6.61 Å². The van der Waals surface area contributed by atoms with Crippen molar-refractivity contribution in [2.24, 2.45) is 0 Å². The first kappa shape index (κ1) is 28.8. The van der Waals surface area contributed by atoms with Gasteiger partial charge in [-0.15, -0.1) is 5.10 Å². The maximum Gasteiger partial charge on any atom is 0.491 e. The Morgan fingerprint density at radius 3 is 2.70 bits per heavy atom. The minimum atomic E-state index is -5.29. The molecule has 0 radical (unpaired) electrons. The molecular formula is C28H19ClF3N7O5. The van der Waals surface area contributed by atoms with Gasteiger partial charge in [-0.3, -0.25) is 4.79 Å². The first-order valence-corrected chi connectivity index (χ1v) is 13.3. The molecule has 0 spiro atoms. The molecule has 16 heteroatoms. The van der Waals surface area contributed by atoms with Gasteiger partial charge in [0, 0.05) is 27.9 Å². The minimum absolute atomic E-state index is 0.145. The van der Waals surface area contributed by atoms with E-state index in [0.717, 1.165) is 5.69 Å². The van der Waals surface area contributed by atoms with Crippen LogP contribution in [-0.2, 0) is 20.7 Å². The van der Waals surface area contributed by atoms with E-state index >= 15 is 0 Å². The number of hydrogen-bond acceptors (Lipinski definition) is 9. The van der Waals surface area contributed by atoms with Crippen molar-refractivity contribution in [2.45, 2.75) is 25.1 Å². The molecule has 6 rings (SSSR count). The van der Waals surface area contributed by atoms with Gasteiger partial charge in [0.15, 0.2) is 6.61 Å². The number of aryl methyl sites for hydroxylation is 1. The van der Waals surface area contributed by atoms with Crippen LogP contribution in [-0.4, -0.2) is 59.5 Å². The Labute approximate surface area is 250 Å². The quantitative estimate of drug-likeness (QED) is 0.209. The molecule has 44 heavy (non-hydrogen) atoms. The summed E-state index contributed by atoms with van der Waals surface area (Å²) < 4.78 is 49.0. The Morgan fingerprint density at radius 2 is 1.93 bits per heavy atom. The van der Waals surface area contributed by atoms with E-state index in [1.54, 1.807) is 41.1 Å². The summed E-state index contributed by atoms with van der Waals surface area (Å²) in [7, 11) is 0. The van der Waals surface area contributed by atoms with Gasteiger partial charge in [0.25, 0.3) is 5.56 Å². The molecule has 4 heterocycles. The number of nitrogens with one attached hydrogen (secondary N) is 1. The summed E-state index contributed by atoms with van der Waals surface area (Å²) in [5, 5.41) is 11.8. The third kappa shape index (κ3) is 5.81. The molecule has 0 saturated heterocycles. The number of nitrogens with zero attached hydrogens (tertiary/aromatic N) is 6. The van der Waals surface area contributed by atoms with Crippen LogP contribution in [0.3, 0.4) is 0 Å². The lowest BCUT2D eigenvalue weighted by Crippen LogP contribution is -2.30. The summed E-state index contributed by atoms with van der Waals surface area (Å²) in [6.07, 6.45) is -1.04. The van der Waals surface area contributed by atoms with Gasteiger partial charge in [-0.1, -0.05) is 23.7 Å². The third-order valence-electron chi connectivity index (χ3n) is 6.85. The number of alkyl halides is 3. The van der Waals surface area contributed by atoms with Crippen LogP contribution in [0.25, 0.3) is 28.1 Å². The molecule has 0 aliphatic carbocycles. The Bertz CT molecular complexity index is 1940. The molecule has 1 aliphatic rings. The molecule has 0 unspecified atom stereocenters. The Morgan fingerprint density at radius 1 is 1.09 bits per heavy atom. The van der Waals surface area contributed by atoms with Crippen molar-refractivity contribution < 1.29 is 32.2 Å². The Balaban J connectivity index is 1.21. The van der Waals surface area contributed by atoms with Crippen molar-refractivity contribution in [3.8, 4) is 33.8 Å². The molecule has 224 valence electrons. The number of hydrogen-bond donors (Lipinski definition) is 1. The largest absolute Gasteiger partial charge is 0.491 e. The van der Waals surface area contributed by atoms with Gasteiger partial charge in [-0.2, -0.15) is 17.9 Å². The van der Waals surface area contributed by atoms with E-state index in [9.17, 15) is 27.6 Å². The zero-order chi connectivity index (χ0) is 31.0. The number of ether oxygens (including phenoxy) is 2. The SMILES string of the molecule is O=C(COc1cccc(-c2cnc([C@@H]3CCc4cc(-c5cc(Cl)ccc5-n5cnnn5)cc(=O)n43)[nH]2)c1)OC(=O)C(F)(F)F. The Hall–Kier alpha value is -5.31. The normalized spacial score (nSPS) is 14.3. The topological polar surface area (TPSA) is 147 Å². The predicted octanol–water partition coefficient (Wildman–Crippen LogP) is 4.08. The van der Waals surface area contributed by atoms with Gasteiger partial charge in [0.2, 0.25) is 0 Å². The van der Waals surface area contributed by atoms with Crippen molar-refractivity contribution in [3.05, 3.63) is 94.0 Å². The number of H-pyrrole nitrogens is 1. The van der Waals surface area contributed by atoms with Gasteiger partial charge in [0.05, 0.1) is 23.6 Å². The molecule has 12 nitrogen and oxygen atoms in total. The molecule has 1 aliphatic heterocycles. The summed E-state index contributed by atoms with van der Waals surface area (Å²) in [6.45, 7) is -0.907. The molecule has 5 aromatic rings. The summed E-state index contributed by atoms with van der Waals surface area (Å²) in [5.74, 6) is -3.41. The average Bonchev–Trinajstić information content (AvgIpc) is 3.77. The average molecular weight is 626 g/mol. The van der Waals surface area contributed by atoms with Crippen LogP contribution >= 0.6 is 11.6 Å². The number of rotatable bonds is 7. The van der Waals surface area contributed by atoms with Gasteiger partial charge < -0.3 is 19.0 Å². The summed E-state index contributed by atoms with van der Waals surface area (Å²) in [4.78, 5) is 43.6. The van der Waals surface area contributed by atoms with Crippen LogP contribution in [0.5, 0.6) is 5.75 Å². The van der Waals surface area contributed by atoms with E-state index in [1.165, 1.54) is 29.2 Å². The van der Waals surface area contributed by atoms with Crippen LogP contribution in [0, 0.1) is 0 Å². The van der Waals surface area contributed by atoms with Crippen molar-refractivity contribution in [1.29, 1.82) is 0 Å². The number of carbonyl (C=O) groups excluding carboxylic acids is 2. The fourth-order valence-corrected chi connectivity index (χ4v) is 5.13. The van der Waals surface area contributed by atoms with Crippen LogP contribution in [0.4, 0.5) is 13.2 Å². The highest BCUT2D eigenvalue weighted by molar-refractivity contribution is 6.31. The summed E-state index contributed by atoms with van der Waals surface area (Å²) in [5.41, 5.74) is 3.76. The van der Waals surface area contributed by atoms with E-state index in [4.69, 9.17) is 16.3 Å². The molecule has 1 atom stereocenters. The standard InChI is InChI=1S/C28H19ClF3N7O5/c29-17-4-6-22(38-14-34-36-37-38)20(11-17)16-8-18-5-7-23(39(18)24(40)10-16)26-33-12-21(35-26)15-2-1-3-19(9-15)43-13-25(41)44-27(42)28(30,31)32/h1-4,6,8-12,14,23H,5,7,13H2,(H,33,35)/t23-/m0/s1. The predicted molar refractivity (Wildman–Crippen MR) is 147 cm³/mol. The van der Waals surface area contributed by atoms with Crippen LogP contribution in [0.1, 0.15) is 24.0 Å².